The van der Waals surface area contributed by atoms with Crippen molar-refractivity contribution in [2.75, 3.05) is 0 Å². The van der Waals surface area contributed by atoms with Gasteiger partial charge in [-0.2, -0.15) is 0 Å². The van der Waals surface area contributed by atoms with Crippen molar-refractivity contribution in [2.24, 2.45) is 0 Å². The fraction of sp³-hybridized carbons (Fsp3) is 0.278. The summed E-state index contributed by atoms with van der Waals surface area (Å²) < 4.78 is 0. The fourth-order valence-electron chi connectivity index (χ4n) is 2.06. The summed E-state index contributed by atoms with van der Waals surface area (Å²) in [6.45, 7) is 6.20. The van der Waals surface area contributed by atoms with E-state index in [4.69, 9.17) is 4.84 Å². The van der Waals surface area contributed by atoms with Crippen molar-refractivity contribution in [1.82, 2.24) is 5.06 Å². The summed E-state index contributed by atoms with van der Waals surface area (Å²) in [6.07, 6.45) is 0.719. The standard InChI is InChI=1S/C18H21NO2/c1-18(2,3)21-19(14-20)13-15-9-11-17(12-10-15)16-7-5-4-6-8-16/h4-12,14H,13H2,1-3H3. The molecule has 3 nitrogen and oxygen atoms in total. The topological polar surface area (TPSA) is 29.5 Å². The lowest BCUT2D eigenvalue weighted by Crippen LogP contribution is -2.32. The maximum Gasteiger partial charge on any atom is 0.233 e. The Bertz CT molecular complexity index is 570. The van der Waals surface area contributed by atoms with Crippen LogP contribution in [-0.2, 0) is 16.2 Å². The van der Waals surface area contributed by atoms with Crippen LogP contribution in [0.4, 0.5) is 0 Å². The third kappa shape index (κ3) is 4.72. The highest BCUT2D eigenvalue weighted by Crippen LogP contribution is 2.20. The van der Waals surface area contributed by atoms with Crippen LogP contribution < -0.4 is 0 Å². The number of carbonyl (C=O) groups is 1. The first-order valence-electron chi connectivity index (χ1n) is 7.03. The number of hydroxylamine groups is 2. The van der Waals surface area contributed by atoms with E-state index in [-0.39, 0.29) is 5.60 Å². The molecule has 3 heteroatoms. The second-order valence-corrected chi connectivity index (χ2v) is 5.95. The van der Waals surface area contributed by atoms with Crippen molar-refractivity contribution >= 4 is 6.41 Å². The number of hydrogen-bond acceptors (Lipinski definition) is 2. The van der Waals surface area contributed by atoms with Gasteiger partial charge in [0.05, 0.1) is 12.1 Å². The van der Waals surface area contributed by atoms with E-state index in [0.29, 0.717) is 6.54 Å². The first-order chi connectivity index (χ1) is 9.98. The van der Waals surface area contributed by atoms with Gasteiger partial charge in [-0.3, -0.25) is 9.63 Å². The molecule has 0 atom stereocenters. The monoisotopic (exact) mass is 283 g/mol. The minimum Gasteiger partial charge on any atom is -0.276 e. The summed E-state index contributed by atoms with van der Waals surface area (Å²) in [5.41, 5.74) is 2.99. The third-order valence-electron chi connectivity index (χ3n) is 2.91. The van der Waals surface area contributed by atoms with Gasteiger partial charge in [-0.05, 0) is 37.5 Å². The van der Waals surface area contributed by atoms with Crippen LogP contribution in [0.15, 0.2) is 54.6 Å². The number of amides is 1. The molecule has 0 fully saturated rings. The quantitative estimate of drug-likeness (QED) is 0.612. The lowest BCUT2D eigenvalue weighted by molar-refractivity contribution is -0.220. The van der Waals surface area contributed by atoms with Gasteiger partial charge in [0, 0.05) is 0 Å². The molecule has 0 aliphatic heterocycles. The van der Waals surface area contributed by atoms with Crippen molar-refractivity contribution in [1.29, 1.82) is 0 Å². The SMILES string of the molecule is CC(C)(C)ON(C=O)Cc1ccc(-c2ccccc2)cc1. The van der Waals surface area contributed by atoms with Crippen molar-refractivity contribution in [3.05, 3.63) is 60.2 Å². The zero-order valence-corrected chi connectivity index (χ0v) is 12.7. The molecule has 0 aliphatic rings. The number of hydrogen-bond donors (Lipinski definition) is 0. The van der Waals surface area contributed by atoms with E-state index >= 15 is 0 Å². The maximum atomic E-state index is 11.1. The van der Waals surface area contributed by atoms with Crippen LogP contribution in [0.1, 0.15) is 26.3 Å². The minimum atomic E-state index is -0.384. The Morgan fingerprint density at radius 2 is 1.52 bits per heavy atom. The third-order valence-corrected chi connectivity index (χ3v) is 2.91. The van der Waals surface area contributed by atoms with Crippen LogP contribution in [0.25, 0.3) is 11.1 Å². The number of rotatable bonds is 5. The summed E-state index contributed by atoms with van der Waals surface area (Å²) in [6, 6.07) is 18.4. The molecule has 2 rings (SSSR count). The van der Waals surface area contributed by atoms with Crippen LogP contribution in [0, 0.1) is 0 Å². The lowest BCUT2D eigenvalue weighted by Gasteiger charge is -2.26. The fourth-order valence-corrected chi connectivity index (χ4v) is 2.06. The Morgan fingerprint density at radius 3 is 2.05 bits per heavy atom. The second-order valence-electron chi connectivity index (χ2n) is 5.95. The molecule has 21 heavy (non-hydrogen) atoms. The summed E-state index contributed by atoms with van der Waals surface area (Å²) in [7, 11) is 0. The van der Waals surface area contributed by atoms with Gasteiger partial charge in [0.1, 0.15) is 0 Å². The molecule has 1 amide bonds. The molecule has 0 N–H and O–H groups in total. The molecule has 0 unspecified atom stereocenters. The smallest absolute Gasteiger partial charge is 0.233 e. The summed E-state index contributed by atoms with van der Waals surface area (Å²) in [5, 5.41) is 1.33. The van der Waals surface area contributed by atoms with Gasteiger partial charge in [-0.25, -0.2) is 5.06 Å². The highest BCUT2D eigenvalue weighted by atomic mass is 16.7. The van der Waals surface area contributed by atoms with Crippen LogP contribution in [0.2, 0.25) is 0 Å². The average molecular weight is 283 g/mol. The second kappa shape index (κ2) is 6.55. The molecule has 0 bridgehead atoms. The molecular formula is C18H21NO2. The Morgan fingerprint density at radius 1 is 0.952 bits per heavy atom. The van der Waals surface area contributed by atoms with E-state index in [1.54, 1.807) is 0 Å². The molecule has 110 valence electrons. The number of nitrogens with zero attached hydrogens (tertiary/aromatic N) is 1. The minimum absolute atomic E-state index is 0.384. The van der Waals surface area contributed by atoms with Gasteiger partial charge < -0.3 is 0 Å². The molecule has 2 aromatic carbocycles. The maximum absolute atomic E-state index is 11.1. The normalized spacial score (nSPS) is 11.2. The molecule has 0 saturated carbocycles. The van der Waals surface area contributed by atoms with Crippen molar-refractivity contribution in [3.63, 3.8) is 0 Å². The van der Waals surface area contributed by atoms with Gasteiger partial charge in [-0.1, -0.05) is 54.6 Å². The number of benzene rings is 2. The van der Waals surface area contributed by atoms with Crippen molar-refractivity contribution < 1.29 is 9.63 Å². The zero-order chi connectivity index (χ0) is 15.3. The van der Waals surface area contributed by atoms with E-state index in [2.05, 4.69) is 24.3 Å². The van der Waals surface area contributed by atoms with Crippen molar-refractivity contribution in [2.45, 2.75) is 32.9 Å². The highest BCUT2D eigenvalue weighted by Gasteiger charge is 2.16. The van der Waals surface area contributed by atoms with E-state index in [1.807, 2.05) is 51.1 Å². The average Bonchev–Trinajstić information content (AvgIpc) is 2.47. The van der Waals surface area contributed by atoms with Crippen LogP contribution in [0.3, 0.4) is 0 Å². The Hall–Kier alpha value is -2.13. The first kappa shape index (κ1) is 15.3. The highest BCUT2D eigenvalue weighted by molar-refractivity contribution is 5.63. The summed E-state index contributed by atoms with van der Waals surface area (Å²) >= 11 is 0. The molecule has 0 heterocycles. The van der Waals surface area contributed by atoms with Gasteiger partial charge in [-0.15, -0.1) is 0 Å². The molecule has 0 aliphatic carbocycles. The van der Waals surface area contributed by atoms with E-state index in [9.17, 15) is 4.79 Å². The largest absolute Gasteiger partial charge is 0.276 e. The predicted octanol–water partition coefficient (Wildman–Crippen LogP) is 4.04. The molecular weight excluding hydrogens is 262 g/mol. The van der Waals surface area contributed by atoms with Crippen LogP contribution >= 0.6 is 0 Å². The molecule has 0 saturated heterocycles. The summed E-state index contributed by atoms with van der Waals surface area (Å²) in [4.78, 5) is 16.6. The lowest BCUT2D eigenvalue weighted by atomic mass is 10.0. The first-order valence-corrected chi connectivity index (χ1v) is 7.03. The van der Waals surface area contributed by atoms with Gasteiger partial charge in [0.2, 0.25) is 6.41 Å². The van der Waals surface area contributed by atoms with Crippen LogP contribution in [-0.4, -0.2) is 17.1 Å². The van der Waals surface area contributed by atoms with Gasteiger partial charge in [0.15, 0.2) is 0 Å². The van der Waals surface area contributed by atoms with Crippen LogP contribution in [0.5, 0.6) is 0 Å². The van der Waals surface area contributed by atoms with E-state index in [0.717, 1.165) is 17.5 Å². The zero-order valence-electron chi connectivity index (χ0n) is 12.7. The van der Waals surface area contributed by atoms with Gasteiger partial charge in [0.25, 0.3) is 0 Å². The molecule has 2 aromatic rings. The number of carbonyl (C=O) groups excluding carboxylic acids is 1. The molecule has 0 spiro atoms. The molecule has 0 radical (unpaired) electrons. The van der Waals surface area contributed by atoms with E-state index in [1.165, 1.54) is 10.6 Å². The van der Waals surface area contributed by atoms with Crippen molar-refractivity contribution in [3.8, 4) is 11.1 Å². The Labute approximate surface area is 126 Å². The van der Waals surface area contributed by atoms with Gasteiger partial charge >= 0.3 is 0 Å². The summed E-state index contributed by atoms with van der Waals surface area (Å²) in [5.74, 6) is 0. The van der Waals surface area contributed by atoms with E-state index < -0.39 is 0 Å². The Kier molecular flexibility index (Phi) is 4.76. The predicted molar refractivity (Wildman–Crippen MR) is 84.3 cm³/mol. The molecule has 0 aromatic heterocycles. The Balaban J connectivity index is 2.07.